The van der Waals surface area contributed by atoms with Gasteiger partial charge >= 0.3 is 0 Å². The molecule has 0 aromatic heterocycles. The monoisotopic (exact) mass is 539 g/mol. The molecule has 1 N–H and O–H groups in total. The molecular formula is C24H38IN5O. The van der Waals surface area contributed by atoms with Gasteiger partial charge in [0, 0.05) is 52.2 Å². The first-order chi connectivity index (χ1) is 14.7. The summed E-state index contributed by atoms with van der Waals surface area (Å²) in [6.45, 7) is 11.2. The van der Waals surface area contributed by atoms with Crippen LogP contribution in [0.4, 0.5) is 0 Å². The van der Waals surface area contributed by atoms with Gasteiger partial charge in [0.1, 0.15) is 0 Å². The van der Waals surface area contributed by atoms with Crippen molar-refractivity contribution >= 4 is 35.8 Å². The summed E-state index contributed by atoms with van der Waals surface area (Å²) in [5, 5.41) is 3.46. The second kappa shape index (κ2) is 12.0. The van der Waals surface area contributed by atoms with E-state index in [0.29, 0.717) is 13.0 Å². The Morgan fingerprint density at radius 2 is 1.81 bits per heavy atom. The summed E-state index contributed by atoms with van der Waals surface area (Å²) in [5.74, 6) is 2.03. The van der Waals surface area contributed by atoms with Crippen LogP contribution in [-0.4, -0.2) is 72.4 Å². The third-order valence-corrected chi connectivity index (χ3v) is 6.64. The molecule has 31 heavy (non-hydrogen) atoms. The van der Waals surface area contributed by atoms with E-state index < -0.39 is 0 Å². The lowest BCUT2D eigenvalue weighted by Crippen LogP contribution is -2.40. The summed E-state index contributed by atoms with van der Waals surface area (Å²) in [6.07, 6.45) is 5.38. The van der Waals surface area contributed by atoms with Crippen LogP contribution in [0.5, 0.6) is 0 Å². The number of aliphatic imine (C=N–C) groups is 1. The molecule has 4 rings (SSSR count). The number of benzene rings is 1. The quantitative estimate of drug-likeness (QED) is 0.250. The van der Waals surface area contributed by atoms with Crippen molar-refractivity contribution < 1.29 is 4.79 Å². The van der Waals surface area contributed by atoms with Crippen LogP contribution in [-0.2, 0) is 17.9 Å². The maximum absolute atomic E-state index is 12.6. The second-order valence-electron chi connectivity index (χ2n) is 8.97. The highest BCUT2D eigenvalue weighted by Crippen LogP contribution is 2.23. The van der Waals surface area contributed by atoms with Crippen molar-refractivity contribution in [2.75, 3.05) is 45.8 Å². The largest absolute Gasteiger partial charge is 0.357 e. The molecule has 3 aliphatic rings. The minimum Gasteiger partial charge on any atom is -0.357 e. The highest BCUT2D eigenvalue weighted by Gasteiger charge is 2.27. The lowest BCUT2D eigenvalue weighted by molar-refractivity contribution is -0.131. The number of carbonyl (C=O) groups excluding carboxylic acids is 1. The number of rotatable bonds is 7. The number of fused-ring (bicyclic) bond motifs is 1. The zero-order chi connectivity index (χ0) is 20.8. The van der Waals surface area contributed by atoms with Gasteiger partial charge in [-0.3, -0.25) is 9.79 Å². The van der Waals surface area contributed by atoms with Crippen molar-refractivity contribution in [1.82, 2.24) is 20.0 Å². The molecule has 3 aliphatic heterocycles. The van der Waals surface area contributed by atoms with Crippen molar-refractivity contribution in [3.05, 3.63) is 35.4 Å². The van der Waals surface area contributed by atoms with Crippen molar-refractivity contribution in [3.63, 3.8) is 0 Å². The van der Waals surface area contributed by atoms with Crippen LogP contribution < -0.4 is 5.32 Å². The molecule has 0 aliphatic carbocycles. The van der Waals surface area contributed by atoms with E-state index in [-0.39, 0.29) is 29.9 Å². The van der Waals surface area contributed by atoms with Gasteiger partial charge < -0.3 is 20.0 Å². The standard InChI is InChI=1S/C24H37N5O.HI/c1-2-25-24(28-15-11-20(17-28)16-27-13-5-6-14-27)26-12-7-10-23(30)29-18-21-8-3-4-9-22(21)19-29;/h3-4,8-9,20H,2,5-7,10-19H2,1H3,(H,25,26);1H. The normalized spacial score (nSPS) is 21.3. The molecule has 2 saturated heterocycles. The van der Waals surface area contributed by atoms with E-state index in [4.69, 9.17) is 4.99 Å². The third kappa shape index (κ3) is 6.57. The molecule has 0 saturated carbocycles. The number of nitrogens with zero attached hydrogens (tertiary/aromatic N) is 4. The van der Waals surface area contributed by atoms with Crippen LogP contribution in [0.15, 0.2) is 29.3 Å². The number of halogens is 1. The third-order valence-electron chi connectivity index (χ3n) is 6.64. The summed E-state index contributed by atoms with van der Waals surface area (Å²) in [4.78, 5) is 24.5. The fourth-order valence-electron chi connectivity index (χ4n) is 5.01. The van der Waals surface area contributed by atoms with Crippen molar-refractivity contribution in [3.8, 4) is 0 Å². The average Bonchev–Trinajstić information content (AvgIpc) is 3.51. The van der Waals surface area contributed by atoms with Gasteiger partial charge in [-0.25, -0.2) is 0 Å². The lowest BCUT2D eigenvalue weighted by Gasteiger charge is -2.23. The molecule has 1 atom stereocenters. The van der Waals surface area contributed by atoms with E-state index in [1.165, 1.54) is 50.0 Å². The highest BCUT2D eigenvalue weighted by molar-refractivity contribution is 14.0. The number of hydrogen-bond acceptors (Lipinski definition) is 3. The fourth-order valence-corrected chi connectivity index (χ4v) is 5.01. The molecule has 0 bridgehead atoms. The van der Waals surface area contributed by atoms with Gasteiger partial charge in [-0.05, 0) is 62.7 Å². The zero-order valence-corrected chi connectivity index (χ0v) is 21.2. The first-order valence-electron chi connectivity index (χ1n) is 11.8. The summed E-state index contributed by atoms with van der Waals surface area (Å²) in [5.41, 5.74) is 2.58. The molecule has 1 amide bonds. The number of likely N-dealkylation sites (tertiary alicyclic amines) is 2. The van der Waals surface area contributed by atoms with E-state index in [0.717, 1.165) is 51.0 Å². The Morgan fingerprint density at radius 3 is 2.48 bits per heavy atom. The van der Waals surface area contributed by atoms with Gasteiger partial charge in [0.2, 0.25) is 5.91 Å². The predicted molar refractivity (Wildman–Crippen MR) is 137 cm³/mol. The van der Waals surface area contributed by atoms with E-state index in [9.17, 15) is 4.79 Å². The van der Waals surface area contributed by atoms with Gasteiger partial charge in [-0.1, -0.05) is 24.3 Å². The molecule has 0 spiro atoms. The van der Waals surface area contributed by atoms with E-state index in [2.05, 4.69) is 46.3 Å². The maximum Gasteiger partial charge on any atom is 0.223 e. The molecule has 1 unspecified atom stereocenters. The number of amides is 1. The molecule has 1 aromatic rings. The molecule has 1 aromatic carbocycles. The average molecular weight is 540 g/mol. The van der Waals surface area contributed by atoms with Gasteiger partial charge in [-0.2, -0.15) is 0 Å². The number of carbonyl (C=O) groups is 1. The summed E-state index contributed by atoms with van der Waals surface area (Å²) in [7, 11) is 0. The van der Waals surface area contributed by atoms with Crippen LogP contribution in [0.2, 0.25) is 0 Å². The predicted octanol–water partition coefficient (Wildman–Crippen LogP) is 3.31. The molecule has 172 valence electrons. The first kappa shape index (κ1) is 24.3. The van der Waals surface area contributed by atoms with Crippen molar-refractivity contribution in [2.24, 2.45) is 10.9 Å². The second-order valence-corrected chi connectivity index (χ2v) is 8.97. The Kier molecular flexibility index (Phi) is 9.44. The maximum atomic E-state index is 12.6. The summed E-state index contributed by atoms with van der Waals surface area (Å²) < 4.78 is 0. The molecule has 3 heterocycles. The van der Waals surface area contributed by atoms with E-state index in [1.807, 2.05) is 4.90 Å². The van der Waals surface area contributed by atoms with Gasteiger partial charge in [-0.15, -0.1) is 24.0 Å². The molecule has 6 nitrogen and oxygen atoms in total. The Balaban J connectivity index is 0.00000272. The van der Waals surface area contributed by atoms with Gasteiger partial charge in [0.05, 0.1) is 0 Å². The number of nitrogens with one attached hydrogen (secondary N) is 1. The summed E-state index contributed by atoms with van der Waals surface area (Å²) in [6, 6.07) is 8.36. The number of hydrogen-bond donors (Lipinski definition) is 1. The van der Waals surface area contributed by atoms with Crippen LogP contribution in [0.25, 0.3) is 0 Å². The lowest BCUT2D eigenvalue weighted by atomic mass is 10.1. The van der Waals surface area contributed by atoms with Crippen LogP contribution in [0, 0.1) is 5.92 Å². The molecular weight excluding hydrogens is 501 g/mol. The highest BCUT2D eigenvalue weighted by atomic mass is 127. The van der Waals surface area contributed by atoms with Crippen LogP contribution >= 0.6 is 24.0 Å². The van der Waals surface area contributed by atoms with E-state index in [1.54, 1.807) is 0 Å². The minimum atomic E-state index is 0. The minimum absolute atomic E-state index is 0. The first-order valence-corrected chi connectivity index (χ1v) is 11.8. The fraction of sp³-hybridized carbons (Fsp3) is 0.667. The Hall–Kier alpha value is -1.35. The topological polar surface area (TPSA) is 51.2 Å². The SMILES string of the molecule is CCNC(=NCCCC(=O)N1Cc2ccccc2C1)N1CCC(CN2CCCC2)C1.I. The van der Waals surface area contributed by atoms with Crippen molar-refractivity contribution in [2.45, 2.75) is 52.1 Å². The van der Waals surface area contributed by atoms with Gasteiger partial charge in [0.15, 0.2) is 5.96 Å². The smallest absolute Gasteiger partial charge is 0.223 e. The van der Waals surface area contributed by atoms with Crippen LogP contribution in [0.1, 0.15) is 50.2 Å². The molecule has 2 fully saturated rings. The van der Waals surface area contributed by atoms with Crippen LogP contribution in [0.3, 0.4) is 0 Å². The Morgan fingerprint density at radius 1 is 1.10 bits per heavy atom. The molecule has 7 heteroatoms. The number of guanidine groups is 1. The summed E-state index contributed by atoms with van der Waals surface area (Å²) >= 11 is 0. The van der Waals surface area contributed by atoms with E-state index >= 15 is 0 Å². The van der Waals surface area contributed by atoms with Gasteiger partial charge in [0.25, 0.3) is 0 Å². The Bertz CT molecular complexity index is 724. The molecule has 0 radical (unpaired) electrons. The Labute approximate surface area is 204 Å². The van der Waals surface area contributed by atoms with Crippen molar-refractivity contribution in [1.29, 1.82) is 0 Å². The zero-order valence-electron chi connectivity index (χ0n) is 18.9.